The molecule has 0 aliphatic rings. The van der Waals surface area contributed by atoms with E-state index in [9.17, 15) is 10.2 Å². The lowest BCUT2D eigenvalue weighted by molar-refractivity contribution is 0.0241. The van der Waals surface area contributed by atoms with Gasteiger partial charge in [-0.05, 0) is 5.53 Å². The molecule has 0 bridgehead atoms. The normalized spacial score (nSPS) is 13.9. The Morgan fingerprint density at radius 1 is 1.62 bits per heavy atom. The van der Waals surface area contributed by atoms with Crippen molar-refractivity contribution in [1.82, 2.24) is 9.97 Å². The van der Waals surface area contributed by atoms with E-state index in [1.165, 1.54) is 6.20 Å². The van der Waals surface area contributed by atoms with E-state index < -0.39 is 12.2 Å². The summed E-state index contributed by atoms with van der Waals surface area (Å²) in [6.45, 7) is -0.279. The lowest BCUT2D eigenvalue weighted by Crippen LogP contribution is -2.22. The maximum absolute atomic E-state index is 9.65. The second kappa shape index (κ2) is 5.47. The van der Waals surface area contributed by atoms with Crippen molar-refractivity contribution in [1.29, 1.82) is 0 Å². The molecule has 0 saturated heterocycles. The molecule has 0 saturated carbocycles. The number of rotatable bonds is 4. The molecule has 86 valence electrons. The molecule has 9 heteroatoms. The van der Waals surface area contributed by atoms with Crippen molar-refractivity contribution >= 4 is 17.5 Å². The first kappa shape index (κ1) is 12.5. The van der Waals surface area contributed by atoms with E-state index in [4.69, 9.17) is 22.9 Å². The van der Waals surface area contributed by atoms with Crippen LogP contribution in [0, 0.1) is 0 Å². The maximum Gasteiger partial charge on any atom is 0.221 e. The summed E-state index contributed by atoms with van der Waals surface area (Å²) in [5, 5.41) is 22.2. The average Bonchev–Trinajstić information content (AvgIpc) is 2.25. The third-order valence-electron chi connectivity index (χ3n) is 1.80. The first-order valence-corrected chi connectivity index (χ1v) is 4.59. The summed E-state index contributed by atoms with van der Waals surface area (Å²) in [5.74, 6) is -0.0366. The van der Waals surface area contributed by atoms with E-state index >= 15 is 0 Å². The monoisotopic (exact) mass is 244 g/mol. The van der Waals surface area contributed by atoms with Crippen LogP contribution in [0.1, 0.15) is 11.7 Å². The number of halogens is 1. The number of anilines is 1. The SMILES string of the molecule is [N-]=[N+]=NCC(O)C(O)c1cnc(N)nc1Cl. The van der Waals surface area contributed by atoms with E-state index in [2.05, 4.69) is 20.0 Å². The van der Waals surface area contributed by atoms with Crippen LogP contribution in [0.4, 0.5) is 5.95 Å². The van der Waals surface area contributed by atoms with Gasteiger partial charge in [0.1, 0.15) is 11.3 Å². The van der Waals surface area contributed by atoms with Gasteiger partial charge in [0.15, 0.2) is 0 Å². The Hall–Kier alpha value is -1.60. The zero-order valence-corrected chi connectivity index (χ0v) is 8.78. The quantitative estimate of drug-likeness (QED) is 0.304. The van der Waals surface area contributed by atoms with Crippen LogP contribution >= 0.6 is 11.6 Å². The van der Waals surface area contributed by atoms with Crippen LogP contribution in [0.2, 0.25) is 5.15 Å². The summed E-state index contributed by atoms with van der Waals surface area (Å²) in [7, 11) is 0. The standard InChI is InChI=1S/C7H9ClN6O2/c8-6-3(1-11-7(9)13-6)5(16)4(15)2-12-14-10/h1,4-5,15-16H,2H2,(H2,9,11,13). The number of hydrogen-bond acceptors (Lipinski definition) is 6. The van der Waals surface area contributed by atoms with Gasteiger partial charge in [0.25, 0.3) is 0 Å². The van der Waals surface area contributed by atoms with Gasteiger partial charge < -0.3 is 15.9 Å². The molecule has 8 nitrogen and oxygen atoms in total. The first-order valence-electron chi connectivity index (χ1n) is 4.21. The lowest BCUT2D eigenvalue weighted by atomic mass is 10.1. The Morgan fingerprint density at radius 2 is 2.31 bits per heavy atom. The van der Waals surface area contributed by atoms with Crippen molar-refractivity contribution in [2.45, 2.75) is 12.2 Å². The summed E-state index contributed by atoms with van der Waals surface area (Å²) in [4.78, 5) is 9.70. The predicted octanol–water partition coefficient (Wildman–Crippen LogP) is 0.417. The van der Waals surface area contributed by atoms with Crippen molar-refractivity contribution in [3.05, 3.63) is 27.4 Å². The van der Waals surface area contributed by atoms with Crippen LogP contribution in [0.5, 0.6) is 0 Å². The summed E-state index contributed by atoms with van der Waals surface area (Å²) >= 11 is 5.70. The molecule has 2 unspecified atom stereocenters. The van der Waals surface area contributed by atoms with E-state index in [0.29, 0.717) is 0 Å². The molecule has 0 spiro atoms. The Morgan fingerprint density at radius 3 is 2.88 bits per heavy atom. The van der Waals surface area contributed by atoms with Crippen molar-refractivity contribution < 1.29 is 10.2 Å². The maximum atomic E-state index is 9.65. The molecule has 0 radical (unpaired) electrons. The fourth-order valence-corrected chi connectivity index (χ4v) is 1.26. The average molecular weight is 245 g/mol. The molecule has 0 aromatic carbocycles. The van der Waals surface area contributed by atoms with E-state index in [-0.39, 0.29) is 23.2 Å². The third-order valence-corrected chi connectivity index (χ3v) is 2.10. The Bertz CT molecular complexity index is 421. The van der Waals surface area contributed by atoms with Crippen LogP contribution in [-0.2, 0) is 0 Å². The molecule has 0 aliphatic carbocycles. The molecule has 0 amide bonds. The van der Waals surface area contributed by atoms with Crippen LogP contribution < -0.4 is 5.73 Å². The fraction of sp³-hybridized carbons (Fsp3) is 0.429. The number of nitrogen functional groups attached to an aromatic ring is 1. The summed E-state index contributed by atoms with van der Waals surface area (Å²) in [6, 6.07) is 0. The molecule has 16 heavy (non-hydrogen) atoms. The van der Waals surface area contributed by atoms with Gasteiger partial charge in [0, 0.05) is 16.7 Å². The van der Waals surface area contributed by atoms with Crippen molar-refractivity contribution in [3.63, 3.8) is 0 Å². The molecule has 0 aliphatic heterocycles. The second-order valence-corrected chi connectivity index (χ2v) is 3.26. The van der Waals surface area contributed by atoms with Crippen LogP contribution in [0.15, 0.2) is 11.3 Å². The largest absolute Gasteiger partial charge is 0.390 e. The van der Waals surface area contributed by atoms with Gasteiger partial charge in [0.2, 0.25) is 5.95 Å². The second-order valence-electron chi connectivity index (χ2n) is 2.90. The number of azide groups is 1. The molecule has 1 aromatic heterocycles. The Labute approximate surface area is 95.3 Å². The van der Waals surface area contributed by atoms with Gasteiger partial charge in [-0.2, -0.15) is 0 Å². The molecule has 1 heterocycles. The zero-order valence-electron chi connectivity index (χ0n) is 8.02. The van der Waals surface area contributed by atoms with E-state index in [1.807, 2.05) is 0 Å². The van der Waals surface area contributed by atoms with Gasteiger partial charge in [-0.15, -0.1) is 0 Å². The Kier molecular flexibility index (Phi) is 4.27. The van der Waals surface area contributed by atoms with E-state index in [0.717, 1.165) is 0 Å². The fourth-order valence-electron chi connectivity index (χ4n) is 1.01. The molecule has 2 atom stereocenters. The van der Waals surface area contributed by atoms with Crippen LogP contribution in [0.25, 0.3) is 10.4 Å². The predicted molar refractivity (Wildman–Crippen MR) is 56.4 cm³/mol. The highest BCUT2D eigenvalue weighted by molar-refractivity contribution is 6.30. The summed E-state index contributed by atoms with van der Waals surface area (Å²) < 4.78 is 0. The van der Waals surface area contributed by atoms with E-state index in [1.54, 1.807) is 0 Å². The molecule has 1 rings (SSSR count). The number of nitrogens with two attached hydrogens (primary N) is 1. The number of hydrogen-bond donors (Lipinski definition) is 3. The minimum atomic E-state index is -1.33. The molecule has 1 aromatic rings. The molecule has 0 fully saturated rings. The highest BCUT2D eigenvalue weighted by atomic mass is 35.5. The first-order chi connectivity index (χ1) is 7.56. The number of aliphatic hydroxyl groups is 2. The highest BCUT2D eigenvalue weighted by Gasteiger charge is 2.21. The summed E-state index contributed by atoms with van der Waals surface area (Å²) in [6.07, 6.45) is -1.41. The minimum absolute atomic E-state index is 0.0366. The number of nitrogens with zero attached hydrogens (tertiary/aromatic N) is 5. The molecule has 4 N–H and O–H groups in total. The smallest absolute Gasteiger partial charge is 0.221 e. The van der Waals surface area contributed by atoms with Gasteiger partial charge in [-0.3, -0.25) is 0 Å². The van der Waals surface area contributed by atoms with Crippen LogP contribution in [-0.4, -0.2) is 32.8 Å². The van der Waals surface area contributed by atoms with Gasteiger partial charge in [-0.1, -0.05) is 16.7 Å². The zero-order chi connectivity index (χ0) is 12.1. The molecular weight excluding hydrogens is 236 g/mol. The molecular formula is C7H9ClN6O2. The number of aromatic nitrogens is 2. The van der Waals surface area contributed by atoms with Crippen LogP contribution in [0.3, 0.4) is 0 Å². The minimum Gasteiger partial charge on any atom is -0.390 e. The summed E-state index contributed by atoms with van der Waals surface area (Å²) in [5.41, 5.74) is 13.4. The third kappa shape index (κ3) is 2.94. The highest BCUT2D eigenvalue weighted by Crippen LogP contribution is 2.23. The topological polar surface area (TPSA) is 141 Å². The van der Waals surface area contributed by atoms with Crippen molar-refractivity contribution in [3.8, 4) is 0 Å². The number of aliphatic hydroxyl groups excluding tert-OH is 2. The van der Waals surface area contributed by atoms with Gasteiger partial charge >= 0.3 is 0 Å². The van der Waals surface area contributed by atoms with Crippen molar-refractivity contribution in [2.24, 2.45) is 5.11 Å². The Balaban J connectivity index is 2.86. The van der Waals surface area contributed by atoms with Gasteiger partial charge in [0.05, 0.1) is 12.6 Å². The van der Waals surface area contributed by atoms with Gasteiger partial charge in [-0.25, -0.2) is 9.97 Å². The van der Waals surface area contributed by atoms with Crippen molar-refractivity contribution in [2.75, 3.05) is 12.3 Å². The lowest BCUT2D eigenvalue weighted by Gasteiger charge is -2.16.